The van der Waals surface area contributed by atoms with Crippen LogP contribution >= 0.6 is 0 Å². The maximum absolute atomic E-state index is 12.3. The van der Waals surface area contributed by atoms with Gasteiger partial charge in [0, 0.05) is 10.9 Å². The third kappa shape index (κ3) is 3.71. The average molecular weight is 407 g/mol. The van der Waals surface area contributed by atoms with Gasteiger partial charge in [-0.2, -0.15) is 0 Å². The zero-order valence-corrected chi connectivity index (χ0v) is 16.7. The monoisotopic (exact) mass is 407 g/mol. The van der Waals surface area contributed by atoms with Crippen LogP contribution in [0.3, 0.4) is 0 Å². The lowest BCUT2D eigenvalue weighted by molar-refractivity contribution is -0.129. The van der Waals surface area contributed by atoms with Crippen molar-refractivity contribution in [3.05, 3.63) is 59.4 Å². The first kappa shape index (κ1) is 19.5. The Morgan fingerprint density at radius 1 is 1.07 bits per heavy atom. The van der Waals surface area contributed by atoms with E-state index >= 15 is 0 Å². The number of hydrogen-bond acceptors (Lipinski definition) is 5. The molecule has 0 saturated heterocycles. The number of ether oxygens (including phenoxy) is 1. The minimum absolute atomic E-state index is 0.0507. The van der Waals surface area contributed by atoms with Crippen molar-refractivity contribution in [1.82, 2.24) is 10.9 Å². The molecule has 0 unspecified atom stereocenters. The highest BCUT2D eigenvalue weighted by Gasteiger charge is 2.27. The van der Waals surface area contributed by atoms with E-state index in [1.165, 1.54) is 4.90 Å². The normalized spacial score (nSPS) is 13.0. The number of nitrogens with one attached hydrogen (secondary N) is 2. The predicted molar refractivity (Wildman–Crippen MR) is 110 cm³/mol. The number of anilines is 1. The van der Waals surface area contributed by atoms with Crippen molar-refractivity contribution >= 4 is 34.4 Å². The van der Waals surface area contributed by atoms with Crippen molar-refractivity contribution < 1.29 is 23.5 Å². The summed E-state index contributed by atoms with van der Waals surface area (Å²) in [4.78, 5) is 38.1. The van der Waals surface area contributed by atoms with Gasteiger partial charge in [-0.15, -0.1) is 0 Å². The lowest BCUT2D eigenvalue weighted by Crippen LogP contribution is -2.50. The van der Waals surface area contributed by atoms with Gasteiger partial charge in [0.15, 0.2) is 6.61 Å². The van der Waals surface area contributed by atoms with Gasteiger partial charge in [0.25, 0.3) is 11.8 Å². The molecule has 8 nitrogen and oxygen atoms in total. The number of hydrogen-bond donors (Lipinski definition) is 2. The molecule has 0 aliphatic carbocycles. The standard InChI is InChI=1S/C22H21N3O5/c1-13-7-8-16-15(11-30-22(16)14(13)2)9-19(26)23-24-20(27)10-25-17-5-3-4-6-18(17)29-12-21(25)28/h3-8,11H,9-10,12H2,1-2H3,(H,23,26)(H,24,27). The van der Waals surface area contributed by atoms with E-state index in [0.717, 1.165) is 27.7 Å². The molecule has 2 N–H and O–H groups in total. The molecule has 2 aromatic carbocycles. The highest BCUT2D eigenvalue weighted by molar-refractivity contribution is 6.02. The topological polar surface area (TPSA) is 101 Å². The summed E-state index contributed by atoms with van der Waals surface area (Å²) < 4.78 is 11.0. The molecule has 0 radical (unpaired) electrons. The fourth-order valence-corrected chi connectivity index (χ4v) is 3.39. The number of carbonyl (C=O) groups is 3. The van der Waals surface area contributed by atoms with E-state index in [1.54, 1.807) is 30.5 Å². The number of carbonyl (C=O) groups excluding carboxylic acids is 3. The zero-order valence-electron chi connectivity index (χ0n) is 16.7. The molecule has 8 heteroatoms. The Kier molecular flexibility index (Phi) is 5.14. The quantitative estimate of drug-likeness (QED) is 0.646. The maximum Gasteiger partial charge on any atom is 0.265 e. The molecule has 0 atom stereocenters. The first-order valence-electron chi connectivity index (χ1n) is 9.50. The summed E-state index contributed by atoms with van der Waals surface area (Å²) in [7, 11) is 0. The number of nitrogens with zero attached hydrogens (tertiary/aromatic N) is 1. The number of furan rings is 1. The lowest BCUT2D eigenvalue weighted by Gasteiger charge is -2.28. The van der Waals surface area contributed by atoms with Crippen LogP contribution in [0.2, 0.25) is 0 Å². The van der Waals surface area contributed by atoms with Gasteiger partial charge >= 0.3 is 0 Å². The van der Waals surface area contributed by atoms with E-state index in [2.05, 4.69) is 10.9 Å². The van der Waals surface area contributed by atoms with E-state index in [1.807, 2.05) is 26.0 Å². The Labute approximate surface area is 172 Å². The molecule has 0 saturated carbocycles. The van der Waals surface area contributed by atoms with Gasteiger partial charge in [-0.3, -0.25) is 30.1 Å². The number of benzene rings is 2. The van der Waals surface area contributed by atoms with Gasteiger partial charge < -0.3 is 9.15 Å². The van der Waals surface area contributed by atoms with Crippen molar-refractivity contribution in [1.29, 1.82) is 0 Å². The molecular weight excluding hydrogens is 386 g/mol. The van der Waals surface area contributed by atoms with Crippen LogP contribution in [0.1, 0.15) is 16.7 Å². The molecule has 154 valence electrons. The van der Waals surface area contributed by atoms with Gasteiger partial charge in [-0.1, -0.05) is 24.3 Å². The van der Waals surface area contributed by atoms with E-state index in [4.69, 9.17) is 9.15 Å². The van der Waals surface area contributed by atoms with Crippen LogP contribution in [0.5, 0.6) is 5.75 Å². The molecule has 1 aromatic heterocycles. The lowest BCUT2D eigenvalue weighted by atomic mass is 10.0. The molecule has 2 heterocycles. The molecule has 3 amide bonds. The number of rotatable bonds is 4. The second-order valence-corrected chi connectivity index (χ2v) is 7.15. The van der Waals surface area contributed by atoms with Crippen LogP contribution in [0.4, 0.5) is 5.69 Å². The molecular formula is C22H21N3O5. The van der Waals surface area contributed by atoms with Crippen molar-refractivity contribution in [3.63, 3.8) is 0 Å². The van der Waals surface area contributed by atoms with Gasteiger partial charge in [-0.05, 0) is 37.1 Å². The van der Waals surface area contributed by atoms with Crippen molar-refractivity contribution in [2.75, 3.05) is 18.1 Å². The van der Waals surface area contributed by atoms with Crippen LogP contribution < -0.4 is 20.5 Å². The minimum atomic E-state index is -0.517. The van der Waals surface area contributed by atoms with Gasteiger partial charge in [0.1, 0.15) is 17.9 Å². The molecule has 1 aliphatic rings. The Bertz CT molecular complexity index is 1150. The smallest absolute Gasteiger partial charge is 0.265 e. The van der Waals surface area contributed by atoms with E-state index < -0.39 is 11.8 Å². The second kappa shape index (κ2) is 7.90. The largest absolute Gasteiger partial charge is 0.482 e. The minimum Gasteiger partial charge on any atom is -0.482 e. The maximum atomic E-state index is 12.3. The second-order valence-electron chi connectivity index (χ2n) is 7.15. The average Bonchev–Trinajstić information content (AvgIpc) is 3.14. The summed E-state index contributed by atoms with van der Waals surface area (Å²) in [6.07, 6.45) is 1.61. The fourth-order valence-electron chi connectivity index (χ4n) is 3.39. The van der Waals surface area contributed by atoms with Gasteiger partial charge in [0.2, 0.25) is 5.91 Å². The van der Waals surface area contributed by atoms with Gasteiger partial charge in [-0.25, -0.2) is 0 Å². The van der Waals surface area contributed by atoms with E-state index in [-0.39, 0.29) is 25.5 Å². The van der Waals surface area contributed by atoms with E-state index in [0.29, 0.717) is 11.4 Å². The van der Waals surface area contributed by atoms with Crippen LogP contribution in [0.25, 0.3) is 11.0 Å². The summed E-state index contributed by atoms with van der Waals surface area (Å²) in [5, 5.41) is 0.870. The Morgan fingerprint density at radius 3 is 2.67 bits per heavy atom. The van der Waals surface area contributed by atoms with Crippen molar-refractivity contribution in [2.45, 2.75) is 20.3 Å². The number of para-hydroxylation sites is 2. The summed E-state index contributed by atoms with van der Waals surface area (Å²) in [6.45, 7) is 3.60. The Morgan fingerprint density at radius 2 is 1.83 bits per heavy atom. The molecule has 4 rings (SSSR count). The van der Waals surface area contributed by atoms with Crippen LogP contribution in [0.15, 0.2) is 47.1 Å². The first-order chi connectivity index (χ1) is 14.4. The predicted octanol–water partition coefficient (Wildman–Crippen LogP) is 2.17. The molecule has 3 aromatic rings. The van der Waals surface area contributed by atoms with E-state index in [9.17, 15) is 14.4 Å². The highest BCUT2D eigenvalue weighted by atomic mass is 16.5. The first-order valence-corrected chi connectivity index (χ1v) is 9.50. The third-order valence-corrected chi connectivity index (χ3v) is 5.14. The van der Waals surface area contributed by atoms with Gasteiger partial charge in [0.05, 0.1) is 18.4 Å². The number of fused-ring (bicyclic) bond motifs is 2. The van der Waals surface area contributed by atoms with Crippen molar-refractivity contribution in [2.24, 2.45) is 0 Å². The summed E-state index contributed by atoms with van der Waals surface area (Å²) >= 11 is 0. The zero-order chi connectivity index (χ0) is 21.3. The summed E-state index contributed by atoms with van der Waals surface area (Å²) in [5.41, 5.74) is 8.90. The SMILES string of the molecule is Cc1ccc2c(CC(=O)NNC(=O)CN3C(=O)COc4ccccc43)coc2c1C. The Balaban J connectivity index is 1.36. The van der Waals surface area contributed by atoms with Crippen LogP contribution in [-0.4, -0.2) is 30.9 Å². The number of amides is 3. The summed E-state index contributed by atoms with van der Waals surface area (Å²) in [5.74, 6) is -0.702. The molecule has 30 heavy (non-hydrogen) atoms. The molecule has 0 bridgehead atoms. The van der Waals surface area contributed by atoms with Crippen molar-refractivity contribution in [3.8, 4) is 5.75 Å². The Hall–Kier alpha value is -3.81. The molecule has 1 aliphatic heterocycles. The highest BCUT2D eigenvalue weighted by Crippen LogP contribution is 2.31. The third-order valence-electron chi connectivity index (χ3n) is 5.14. The number of hydrazine groups is 1. The fraction of sp³-hybridized carbons (Fsp3) is 0.227. The van der Waals surface area contributed by atoms with Crippen LogP contribution in [-0.2, 0) is 20.8 Å². The number of aryl methyl sites for hydroxylation is 2. The summed E-state index contributed by atoms with van der Waals surface area (Å²) in [6, 6.07) is 10.9. The van der Waals surface area contributed by atoms with Crippen LogP contribution in [0, 0.1) is 13.8 Å². The molecule has 0 fully saturated rings. The molecule has 0 spiro atoms.